The van der Waals surface area contributed by atoms with Crippen molar-refractivity contribution < 1.29 is 94.2 Å². The summed E-state index contributed by atoms with van der Waals surface area (Å²) in [6, 6.07) is 0. The van der Waals surface area contributed by atoms with E-state index in [0.717, 1.165) is 18.3 Å². The fourth-order valence-electron chi connectivity index (χ4n) is 16.4. The van der Waals surface area contributed by atoms with Gasteiger partial charge in [-0.15, -0.1) is 0 Å². The van der Waals surface area contributed by atoms with Crippen molar-refractivity contribution in [2.75, 3.05) is 13.2 Å². The molecule has 0 radical (unpaired) electrons. The van der Waals surface area contributed by atoms with Gasteiger partial charge in [0.15, 0.2) is 12.6 Å². The maximum absolute atomic E-state index is 15.2. The molecule has 27 atom stereocenters. The highest BCUT2D eigenvalue weighted by Crippen LogP contribution is 2.80. The molecule has 3 aliphatic heterocycles. The highest BCUT2D eigenvalue weighted by Gasteiger charge is 2.78. The largest absolute Gasteiger partial charge is 0.432 e. The molecule has 3 saturated heterocycles. The van der Waals surface area contributed by atoms with Gasteiger partial charge in [0.1, 0.15) is 73.4 Å². The molecule has 0 aromatic rings. The molecule has 19 nitrogen and oxygen atoms in total. The van der Waals surface area contributed by atoms with Gasteiger partial charge in [-0.3, -0.25) is 4.79 Å². The van der Waals surface area contributed by atoms with Crippen LogP contribution in [0.25, 0.3) is 0 Å². The minimum absolute atomic E-state index is 0.122. The first-order chi connectivity index (χ1) is 31.7. The summed E-state index contributed by atoms with van der Waals surface area (Å²) in [6.07, 6.45) is -20.3. The Labute approximate surface area is 397 Å². The van der Waals surface area contributed by atoms with Gasteiger partial charge in [-0.05, 0) is 117 Å². The molecule has 11 N–H and O–H groups in total. The third-order valence-corrected chi connectivity index (χ3v) is 20.4. The molecule has 8 aliphatic rings. The number of fused-ring (bicyclic) bond motifs is 7. The molecule has 0 aromatic heterocycles. The van der Waals surface area contributed by atoms with E-state index >= 15 is 4.79 Å². The van der Waals surface area contributed by atoms with Crippen LogP contribution in [0.3, 0.4) is 0 Å². The molecule has 0 bridgehead atoms. The molecule has 19 heteroatoms. The van der Waals surface area contributed by atoms with Crippen LogP contribution in [0.4, 0.5) is 0 Å². The minimum Gasteiger partial charge on any atom is -0.432 e. The standard InChI is InChI=1S/C49H78O19/c1-21(2)23-9-14-49(16-15-46(6)28(48(23,49)8)17-24(52)39-44(4)12-11-29(53)45(5,20-51)27(44)10-13-47(39,46)7)43(62)68-42-36(60)33(57)31(55)26(66-42)19-63-40-37(61)34(58)38(25(18-50)65-40)67-41-35(59)32(56)30(54)22(3)64-41/h20,22-42,50,52-61H,1,9-19H2,2-8H3. The van der Waals surface area contributed by atoms with E-state index in [1.54, 1.807) is 0 Å². The second-order valence-corrected chi connectivity index (χ2v) is 23.3. The minimum atomic E-state index is -1.90. The van der Waals surface area contributed by atoms with Gasteiger partial charge in [0.25, 0.3) is 0 Å². The zero-order valence-electron chi connectivity index (χ0n) is 40.4. The number of hydrogen-bond donors (Lipinski definition) is 11. The van der Waals surface area contributed by atoms with Crippen molar-refractivity contribution in [1.82, 2.24) is 0 Å². The smallest absolute Gasteiger partial charge is 0.315 e. The molecular formula is C49H78O19. The van der Waals surface area contributed by atoms with E-state index in [-0.39, 0.29) is 23.7 Å². The summed E-state index contributed by atoms with van der Waals surface area (Å²) in [5.74, 6) is -1.32. The summed E-state index contributed by atoms with van der Waals surface area (Å²) < 4.78 is 34.7. The fourth-order valence-corrected chi connectivity index (χ4v) is 16.4. The molecule has 5 saturated carbocycles. The molecule has 388 valence electrons. The number of carbonyl (C=O) groups excluding carboxylic acids is 2. The third kappa shape index (κ3) is 7.49. The summed E-state index contributed by atoms with van der Waals surface area (Å²) in [4.78, 5) is 27.9. The lowest BCUT2D eigenvalue weighted by atomic mass is 9.29. The van der Waals surface area contributed by atoms with Crippen LogP contribution in [-0.2, 0) is 38.0 Å². The van der Waals surface area contributed by atoms with Crippen LogP contribution in [0.2, 0.25) is 0 Å². The number of hydrogen-bond acceptors (Lipinski definition) is 19. The number of carbonyl (C=O) groups is 2. The van der Waals surface area contributed by atoms with Crippen LogP contribution >= 0.6 is 0 Å². The van der Waals surface area contributed by atoms with Crippen molar-refractivity contribution in [3.8, 4) is 0 Å². The van der Waals surface area contributed by atoms with Crippen molar-refractivity contribution in [1.29, 1.82) is 0 Å². The highest BCUT2D eigenvalue weighted by molar-refractivity contribution is 5.79. The van der Waals surface area contributed by atoms with Crippen LogP contribution in [-0.4, -0.2) is 186 Å². The average Bonchev–Trinajstić information content (AvgIpc) is 3.62. The van der Waals surface area contributed by atoms with E-state index < -0.39 is 156 Å². The van der Waals surface area contributed by atoms with E-state index in [1.807, 2.05) is 13.8 Å². The zero-order chi connectivity index (χ0) is 50.0. The molecule has 27 unspecified atom stereocenters. The maximum Gasteiger partial charge on any atom is 0.315 e. The number of aldehydes is 1. The molecule has 68 heavy (non-hydrogen) atoms. The molecule has 8 fully saturated rings. The van der Waals surface area contributed by atoms with Gasteiger partial charge in [-0.1, -0.05) is 46.8 Å². The summed E-state index contributed by atoms with van der Waals surface area (Å²) in [6.45, 7) is 17.1. The summed E-state index contributed by atoms with van der Waals surface area (Å²) in [5, 5.41) is 120. The number of allylic oxidation sites excluding steroid dienone is 1. The quantitative estimate of drug-likeness (QED) is 0.0752. The van der Waals surface area contributed by atoms with Crippen LogP contribution in [0.5, 0.6) is 0 Å². The molecule has 3 heterocycles. The summed E-state index contributed by atoms with van der Waals surface area (Å²) in [5.41, 5.74) is -3.25. The number of ether oxygens (including phenoxy) is 6. The molecular weight excluding hydrogens is 893 g/mol. The van der Waals surface area contributed by atoms with E-state index in [4.69, 9.17) is 28.4 Å². The Bertz CT molecular complexity index is 1890. The van der Waals surface area contributed by atoms with E-state index in [1.165, 1.54) is 6.92 Å². The normalized spacial score (nSPS) is 56.9. The van der Waals surface area contributed by atoms with Gasteiger partial charge in [-0.25, -0.2) is 0 Å². The first-order valence-electron chi connectivity index (χ1n) is 24.7. The summed E-state index contributed by atoms with van der Waals surface area (Å²) >= 11 is 0. The Morgan fingerprint density at radius 3 is 1.97 bits per heavy atom. The molecule has 0 spiro atoms. The Morgan fingerprint density at radius 1 is 0.691 bits per heavy atom. The Hall–Kier alpha value is -1.76. The van der Waals surface area contributed by atoms with Crippen LogP contribution < -0.4 is 0 Å². The van der Waals surface area contributed by atoms with Crippen molar-refractivity contribution in [2.45, 2.75) is 211 Å². The lowest BCUT2D eigenvalue weighted by molar-refractivity contribution is -0.362. The predicted octanol–water partition coefficient (Wildman–Crippen LogP) is -0.436. The van der Waals surface area contributed by atoms with E-state index in [2.05, 4.69) is 34.3 Å². The number of rotatable bonds is 10. The first-order valence-corrected chi connectivity index (χ1v) is 24.7. The molecule has 0 aromatic carbocycles. The predicted molar refractivity (Wildman–Crippen MR) is 235 cm³/mol. The molecule has 5 aliphatic carbocycles. The lowest BCUT2D eigenvalue weighted by Gasteiger charge is -2.75. The van der Waals surface area contributed by atoms with Gasteiger partial charge in [0.05, 0.1) is 42.4 Å². The Balaban J connectivity index is 0.997. The maximum atomic E-state index is 15.2. The van der Waals surface area contributed by atoms with Gasteiger partial charge >= 0.3 is 5.97 Å². The Morgan fingerprint density at radius 2 is 1.32 bits per heavy atom. The average molecular weight is 971 g/mol. The number of aliphatic hydroxyl groups is 11. The van der Waals surface area contributed by atoms with Crippen molar-refractivity contribution in [3.05, 3.63) is 12.2 Å². The second-order valence-electron chi connectivity index (χ2n) is 23.3. The lowest BCUT2D eigenvalue weighted by Crippen LogP contribution is -2.72. The third-order valence-electron chi connectivity index (χ3n) is 20.4. The highest BCUT2D eigenvalue weighted by atomic mass is 16.8. The summed E-state index contributed by atoms with van der Waals surface area (Å²) in [7, 11) is 0. The van der Waals surface area contributed by atoms with Gasteiger partial charge in [-0.2, -0.15) is 0 Å². The van der Waals surface area contributed by atoms with Crippen LogP contribution in [0.15, 0.2) is 12.2 Å². The Kier molecular flexibility index (Phi) is 14.2. The van der Waals surface area contributed by atoms with E-state index in [9.17, 15) is 61.0 Å². The topological polar surface area (TPSA) is 312 Å². The number of aliphatic hydroxyl groups excluding tert-OH is 11. The second kappa shape index (κ2) is 18.3. The van der Waals surface area contributed by atoms with Gasteiger partial charge < -0.3 is 89.4 Å². The molecule has 0 amide bonds. The SMILES string of the molecule is C=C(C)C1CCC2(C(=O)OC3OC(COC4OC(CO)C(OC5OC(C)C(O)C(O)C5O)C(O)C4O)C(O)C(O)C3O)CCC3(C)C(CC(O)C4C5(C)CCC(O)C(C)(C=O)C5CCC43C)C12C. The first kappa shape index (κ1) is 52.6. The zero-order valence-corrected chi connectivity index (χ0v) is 40.4. The van der Waals surface area contributed by atoms with Crippen molar-refractivity contribution >= 4 is 12.3 Å². The van der Waals surface area contributed by atoms with Crippen LogP contribution in [0.1, 0.15) is 106 Å². The monoisotopic (exact) mass is 971 g/mol. The van der Waals surface area contributed by atoms with Gasteiger partial charge in [0, 0.05) is 0 Å². The van der Waals surface area contributed by atoms with Crippen molar-refractivity contribution in [3.63, 3.8) is 0 Å². The number of esters is 1. The van der Waals surface area contributed by atoms with E-state index in [0.29, 0.717) is 51.4 Å². The van der Waals surface area contributed by atoms with Gasteiger partial charge in [0.2, 0.25) is 6.29 Å². The molecule has 8 rings (SSSR count). The fraction of sp³-hybridized carbons (Fsp3) is 0.918. The van der Waals surface area contributed by atoms with Crippen LogP contribution in [0, 0.1) is 56.2 Å². The van der Waals surface area contributed by atoms with Crippen molar-refractivity contribution in [2.24, 2.45) is 56.2 Å².